The van der Waals surface area contributed by atoms with Crippen LogP contribution >= 0.6 is 0 Å². The number of benzene rings is 2. The van der Waals surface area contributed by atoms with Crippen molar-refractivity contribution in [2.75, 3.05) is 5.73 Å². The van der Waals surface area contributed by atoms with Gasteiger partial charge in [0, 0.05) is 23.7 Å². The summed E-state index contributed by atoms with van der Waals surface area (Å²) < 4.78 is 5.14. The minimum atomic E-state index is -0.382. The Balaban J connectivity index is 1.90. The van der Waals surface area contributed by atoms with E-state index in [0.29, 0.717) is 0 Å². The summed E-state index contributed by atoms with van der Waals surface area (Å²) in [6.45, 7) is 0. The molecule has 1 heterocycles. The van der Waals surface area contributed by atoms with E-state index in [1.54, 1.807) is 24.7 Å². The summed E-state index contributed by atoms with van der Waals surface area (Å²) in [6.07, 6.45) is 8.16. The molecule has 1 atom stereocenters. The Labute approximate surface area is 140 Å². The summed E-state index contributed by atoms with van der Waals surface area (Å²) in [5, 5.41) is 10.9. The molecule has 1 aliphatic rings. The molecule has 0 amide bonds. The van der Waals surface area contributed by atoms with Crippen LogP contribution in [0.3, 0.4) is 0 Å². The highest BCUT2D eigenvalue weighted by Gasteiger charge is 2.22. The molecule has 0 saturated heterocycles. The number of hydrogen-bond acceptors (Lipinski definition) is 4. The maximum Gasteiger partial charge on any atom is 0.269 e. The predicted molar refractivity (Wildman–Crippen MR) is 93.3 cm³/mol. The van der Waals surface area contributed by atoms with Gasteiger partial charge in [0.05, 0.1) is 17.4 Å². The van der Waals surface area contributed by atoms with Crippen LogP contribution in [0.5, 0.6) is 0 Å². The first-order valence-electron chi connectivity index (χ1n) is 7.71. The van der Waals surface area contributed by atoms with Crippen molar-refractivity contribution >= 4 is 11.4 Å². The molecule has 5 nitrogen and oxygen atoms in total. The fraction of sp³-hybridized carbons (Fsp3) is 0.158. The monoisotopic (exact) mass is 322 g/mol. The number of nitro benzene ring substituents is 1. The van der Waals surface area contributed by atoms with Gasteiger partial charge in [-0.25, -0.2) is 0 Å². The van der Waals surface area contributed by atoms with Gasteiger partial charge in [-0.3, -0.25) is 10.1 Å². The van der Waals surface area contributed by atoms with Crippen LogP contribution < -0.4 is 5.73 Å². The maximum atomic E-state index is 10.9. The van der Waals surface area contributed by atoms with Crippen LogP contribution in [0.2, 0.25) is 0 Å². The molecular weight excluding hydrogens is 304 g/mol. The van der Waals surface area contributed by atoms with Crippen LogP contribution in [0.25, 0.3) is 0 Å². The fourth-order valence-electron chi connectivity index (χ4n) is 2.88. The molecule has 0 radical (unpaired) electrons. The van der Waals surface area contributed by atoms with Crippen LogP contribution in [-0.4, -0.2) is 4.92 Å². The Morgan fingerprint density at radius 2 is 1.67 bits per heavy atom. The Bertz CT molecular complexity index is 752. The van der Waals surface area contributed by atoms with Gasteiger partial charge >= 0.3 is 0 Å². The van der Waals surface area contributed by atoms with E-state index in [-0.39, 0.29) is 22.4 Å². The lowest BCUT2D eigenvalue weighted by molar-refractivity contribution is -0.384. The van der Waals surface area contributed by atoms with Crippen LogP contribution in [0.4, 0.5) is 11.4 Å². The molecule has 2 aromatic carbocycles. The second-order valence-corrected chi connectivity index (χ2v) is 5.77. The van der Waals surface area contributed by atoms with Crippen LogP contribution in [0.1, 0.15) is 17.0 Å². The normalized spacial score (nSPS) is 15.0. The summed E-state index contributed by atoms with van der Waals surface area (Å²) >= 11 is 0. The summed E-state index contributed by atoms with van der Waals surface area (Å²) in [5.74, 6) is 0.323. The highest BCUT2D eigenvalue weighted by Crippen LogP contribution is 2.33. The molecule has 24 heavy (non-hydrogen) atoms. The van der Waals surface area contributed by atoms with E-state index < -0.39 is 0 Å². The predicted octanol–water partition coefficient (Wildman–Crippen LogP) is 4.18. The molecular formula is C19H18N2O3. The Morgan fingerprint density at radius 3 is 2.25 bits per heavy atom. The Hall–Kier alpha value is -3.08. The van der Waals surface area contributed by atoms with Crippen molar-refractivity contribution in [2.24, 2.45) is 5.92 Å². The maximum absolute atomic E-state index is 10.9. The molecule has 3 rings (SSSR count). The van der Waals surface area contributed by atoms with E-state index in [1.165, 1.54) is 5.56 Å². The third kappa shape index (κ3) is 3.63. The molecule has 0 aromatic heterocycles. The molecule has 5 heteroatoms. The van der Waals surface area contributed by atoms with Gasteiger partial charge in [0.2, 0.25) is 0 Å². The quantitative estimate of drug-likeness (QED) is 0.509. The summed E-state index contributed by atoms with van der Waals surface area (Å²) in [4.78, 5) is 10.5. The number of allylic oxidation sites excluding steroid dienone is 2. The number of nitro groups is 1. The third-order valence-electron chi connectivity index (χ3n) is 4.19. The highest BCUT2D eigenvalue weighted by atomic mass is 16.6. The van der Waals surface area contributed by atoms with E-state index >= 15 is 0 Å². The van der Waals surface area contributed by atoms with Crippen LogP contribution in [0, 0.1) is 16.0 Å². The van der Waals surface area contributed by atoms with Gasteiger partial charge in [0.1, 0.15) is 0 Å². The summed E-state index contributed by atoms with van der Waals surface area (Å²) in [5.41, 5.74) is 8.81. The van der Waals surface area contributed by atoms with Gasteiger partial charge in [-0.05, 0) is 47.8 Å². The van der Waals surface area contributed by atoms with Gasteiger partial charge < -0.3 is 10.5 Å². The minimum Gasteiger partial charge on any atom is -0.473 e. The minimum absolute atomic E-state index is 0.100. The van der Waals surface area contributed by atoms with Crippen molar-refractivity contribution in [1.29, 1.82) is 0 Å². The molecule has 2 N–H and O–H groups in total. The molecule has 0 fully saturated rings. The van der Waals surface area contributed by atoms with Crippen molar-refractivity contribution in [2.45, 2.75) is 12.3 Å². The highest BCUT2D eigenvalue weighted by molar-refractivity contribution is 5.41. The van der Waals surface area contributed by atoms with E-state index in [1.807, 2.05) is 48.6 Å². The summed E-state index contributed by atoms with van der Waals surface area (Å²) in [7, 11) is 0. The molecule has 0 saturated carbocycles. The average Bonchev–Trinajstić information content (AvgIpc) is 2.62. The van der Waals surface area contributed by atoms with Crippen LogP contribution in [0.15, 0.2) is 73.2 Å². The lowest BCUT2D eigenvalue weighted by Gasteiger charge is -2.24. The van der Waals surface area contributed by atoms with Crippen molar-refractivity contribution in [3.8, 4) is 0 Å². The van der Waals surface area contributed by atoms with E-state index in [9.17, 15) is 10.1 Å². The number of nitrogen functional groups attached to an aromatic ring is 1. The molecule has 0 aliphatic carbocycles. The second-order valence-electron chi connectivity index (χ2n) is 5.77. The zero-order valence-electron chi connectivity index (χ0n) is 13.0. The van der Waals surface area contributed by atoms with Gasteiger partial charge in [-0.1, -0.05) is 24.3 Å². The number of nitrogens with two attached hydrogens (primary N) is 1. The number of ether oxygens (including phenoxy) is 1. The zero-order valence-corrected chi connectivity index (χ0v) is 13.0. The lowest BCUT2D eigenvalue weighted by Crippen LogP contribution is -2.13. The van der Waals surface area contributed by atoms with Crippen LogP contribution in [-0.2, 0) is 11.2 Å². The number of anilines is 1. The topological polar surface area (TPSA) is 78.4 Å². The van der Waals surface area contributed by atoms with Crippen molar-refractivity contribution in [3.05, 3.63) is 94.4 Å². The molecule has 122 valence electrons. The van der Waals surface area contributed by atoms with E-state index in [2.05, 4.69) is 0 Å². The van der Waals surface area contributed by atoms with Gasteiger partial charge in [-0.2, -0.15) is 0 Å². The molecule has 0 bridgehead atoms. The van der Waals surface area contributed by atoms with E-state index in [4.69, 9.17) is 10.5 Å². The zero-order chi connectivity index (χ0) is 16.9. The third-order valence-corrected chi connectivity index (χ3v) is 4.19. The molecule has 1 unspecified atom stereocenters. The largest absolute Gasteiger partial charge is 0.473 e. The van der Waals surface area contributed by atoms with Gasteiger partial charge in [0.15, 0.2) is 0 Å². The fourth-order valence-corrected chi connectivity index (χ4v) is 2.88. The second kappa shape index (κ2) is 7.00. The molecule has 1 aliphatic heterocycles. The van der Waals surface area contributed by atoms with E-state index in [0.717, 1.165) is 17.7 Å². The lowest BCUT2D eigenvalue weighted by atomic mass is 9.81. The standard InChI is InChI=1S/C19H18N2O3/c20-17-5-1-14(2-6-17)13-19(16-9-11-24-12-10-16)15-3-7-18(8-4-15)21(22)23/h1-12,16,19H,13,20H2. The number of hydrogen-bond donors (Lipinski definition) is 1. The number of nitrogens with zero attached hydrogens (tertiary/aromatic N) is 1. The van der Waals surface area contributed by atoms with Crippen molar-refractivity contribution in [1.82, 2.24) is 0 Å². The van der Waals surface area contributed by atoms with Gasteiger partial charge in [0.25, 0.3) is 5.69 Å². The Kier molecular flexibility index (Phi) is 4.61. The Morgan fingerprint density at radius 1 is 1.04 bits per heavy atom. The smallest absolute Gasteiger partial charge is 0.269 e. The molecule has 0 spiro atoms. The SMILES string of the molecule is Nc1ccc(CC(c2ccc([N+](=O)[O-])cc2)C2C=COC=C2)cc1. The summed E-state index contributed by atoms with van der Waals surface area (Å²) in [6, 6.07) is 14.6. The molecule has 2 aromatic rings. The van der Waals surface area contributed by atoms with Gasteiger partial charge in [-0.15, -0.1) is 0 Å². The van der Waals surface area contributed by atoms with Crippen molar-refractivity contribution < 1.29 is 9.66 Å². The average molecular weight is 322 g/mol. The first-order valence-corrected chi connectivity index (χ1v) is 7.71. The first kappa shape index (κ1) is 15.8. The van der Waals surface area contributed by atoms with Crippen molar-refractivity contribution in [3.63, 3.8) is 0 Å². The first-order chi connectivity index (χ1) is 11.6. The number of non-ortho nitro benzene ring substituents is 1. The number of rotatable bonds is 5.